The van der Waals surface area contributed by atoms with Crippen LogP contribution in [-0.2, 0) is 11.2 Å². The average Bonchev–Trinajstić information content (AvgIpc) is 2.85. The van der Waals surface area contributed by atoms with Crippen molar-refractivity contribution in [2.75, 3.05) is 32.8 Å². The molecular formula is C15H20N2O2. The van der Waals surface area contributed by atoms with E-state index in [4.69, 9.17) is 4.74 Å². The number of phenolic OH excluding ortho intramolecular Hbond substituents is 1. The summed E-state index contributed by atoms with van der Waals surface area (Å²) in [6.07, 6.45) is 4.12. The first kappa shape index (κ1) is 12.5. The lowest BCUT2D eigenvalue weighted by Crippen LogP contribution is -2.36. The van der Waals surface area contributed by atoms with Gasteiger partial charge in [-0.3, -0.25) is 4.90 Å². The molecule has 1 aromatic carbocycles. The number of aromatic amines is 1. The third-order valence-corrected chi connectivity index (χ3v) is 3.79. The molecule has 0 spiro atoms. The molecule has 2 N–H and O–H groups in total. The van der Waals surface area contributed by atoms with E-state index in [0.29, 0.717) is 5.75 Å². The monoisotopic (exact) mass is 260 g/mol. The lowest BCUT2D eigenvalue weighted by Gasteiger charge is -2.26. The Hall–Kier alpha value is -1.52. The van der Waals surface area contributed by atoms with Crippen molar-refractivity contribution in [3.63, 3.8) is 0 Å². The fraction of sp³-hybridized carbons (Fsp3) is 0.467. The minimum atomic E-state index is 0.375. The molecule has 102 valence electrons. The van der Waals surface area contributed by atoms with Gasteiger partial charge in [-0.15, -0.1) is 0 Å². The van der Waals surface area contributed by atoms with Crippen molar-refractivity contribution in [3.8, 4) is 5.75 Å². The van der Waals surface area contributed by atoms with Crippen molar-refractivity contribution >= 4 is 10.9 Å². The molecule has 1 saturated heterocycles. The van der Waals surface area contributed by atoms with Crippen molar-refractivity contribution < 1.29 is 9.84 Å². The summed E-state index contributed by atoms with van der Waals surface area (Å²) >= 11 is 0. The van der Waals surface area contributed by atoms with Gasteiger partial charge in [-0.1, -0.05) is 6.07 Å². The van der Waals surface area contributed by atoms with Gasteiger partial charge in [-0.2, -0.15) is 0 Å². The van der Waals surface area contributed by atoms with Gasteiger partial charge in [0.2, 0.25) is 0 Å². The van der Waals surface area contributed by atoms with Crippen molar-refractivity contribution in [2.24, 2.45) is 0 Å². The Morgan fingerprint density at radius 2 is 2.11 bits per heavy atom. The molecule has 0 bridgehead atoms. The number of morpholine rings is 1. The summed E-state index contributed by atoms with van der Waals surface area (Å²) < 4.78 is 5.35. The predicted molar refractivity (Wildman–Crippen MR) is 75.5 cm³/mol. The number of aromatic hydroxyl groups is 1. The number of nitrogens with one attached hydrogen (secondary N) is 1. The number of aryl methyl sites for hydroxylation is 1. The summed E-state index contributed by atoms with van der Waals surface area (Å²) in [5, 5.41) is 10.9. The molecule has 0 atom stereocenters. The first-order valence-corrected chi connectivity index (χ1v) is 6.92. The number of phenols is 1. The predicted octanol–water partition coefficient (Wildman–Crippen LogP) is 2.14. The van der Waals surface area contributed by atoms with E-state index in [9.17, 15) is 5.11 Å². The molecule has 0 aliphatic carbocycles. The zero-order valence-corrected chi connectivity index (χ0v) is 11.1. The van der Waals surface area contributed by atoms with Gasteiger partial charge in [-0.05, 0) is 37.1 Å². The lowest BCUT2D eigenvalue weighted by molar-refractivity contribution is 0.0375. The number of aromatic nitrogens is 1. The Balaban J connectivity index is 1.62. The second kappa shape index (κ2) is 5.63. The highest BCUT2D eigenvalue weighted by atomic mass is 16.5. The summed E-state index contributed by atoms with van der Waals surface area (Å²) in [6, 6.07) is 5.62. The van der Waals surface area contributed by atoms with Gasteiger partial charge in [0.05, 0.1) is 13.2 Å². The molecule has 0 radical (unpaired) electrons. The third kappa shape index (κ3) is 2.74. The summed E-state index contributed by atoms with van der Waals surface area (Å²) in [5.41, 5.74) is 2.22. The molecule has 1 aromatic heterocycles. The van der Waals surface area contributed by atoms with Crippen LogP contribution < -0.4 is 0 Å². The minimum absolute atomic E-state index is 0.375. The molecule has 2 aromatic rings. The van der Waals surface area contributed by atoms with E-state index < -0.39 is 0 Å². The smallest absolute Gasteiger partial charge is 0.125 e. The Morgan fingerprint density at radius 3 is 2.95 bits per heavy atom. The number of rotatable bonds is 4. The van der Waals surface area contributed by atoms with E-state index in [-0.39, 0.29) is 0 Å². The van der Waals surface area contributed by atoms with E-state index >= 15 is 0 Å². The SMILES string of the molecule is Oc1cccc2[nH]cc(CCCN3CCOCC3)c12. The molecule has 4 nitrogen and oxygen atoms in total. The molecule has 0 saturated carbocycles. The van der Waals surface area contributed by atoms with Crippen LogP contribution in [0.25, 0.3) is 10.9 Å². The van der Waals surface area contributed by atoms with E-state index in [2.05, 4.69) is 9.88 Å². The largest absolute Gasteiger partial charge is 0.507 e. The van der Waals surface area contributed by atoms with E-state index in [1.807, 2.05) is 18.3 Å². The highest BCUT2D eigenvalue weighted by Gasteiger charge is 2.11. The van der Waals surface area contributed by atoms with Crippen LogP contribution in [0.3, 0.4) is 0 Å². The Kier molecular flexibility index (Phi) is 3.71. The van der Waals surface area contributed by atoms with E-state index in [1.165, 1.54) is 5.56 Å². The number of hydrogen-bond donors (Lipinski definition) is 2. The Morgan fingerprint density at radius 1 is 1.26 bits per heavy atom. The molecule has 1 fully saturated rings. The molecule has 19 heavy (non-hydrogen) atoms. The van der Waals surface area contributed by atoms with Crippen LogP contribution in [0.5, 0.6) is 5.75 Å². The Bertz CT molecular complexity index is 544. The van der Waals surface area contributed by atoms with Crippen LogP contribution in [0.2, 0.25) is 0 Å². The maximum atomic E-state index is 9.94. The molecular weight excluding hydrogens is 240 g/mol. The quantitative estimate of drug-likeness (QED) is 0.885. The summed E-state index contributed by atoms with van der Waals surface area (Å²) in [7, 11) is 0. The second-order valence-corrected chi connectivity index (χ2v) is 5.07. The highest BCUT2D eigenvalue weighted by Crippen LogP contribution is 2.28. The zero-order chi connectivity index (χ0) is 13.1. The van der Waals surface area contributed by atoms with Crippen molar-refractivity contribution in [2.45, 2.75) is 12.8 Å². The fourth-order valence-electron chi connectivity index (χ4n) is 2.75. The topological polar surface area (TPSA) is 48.5 Å². The molecule has 3 rings (SSSR count). The molecule has 4 heteroatoms. The number of ether oxygens (including phenoxy) is 1. The van der Waals surface area contributed by atoms with E-state index in [1.54, 1.807) is 6.07 Å². The fourth-order valence-corrected chi connectivity index (χ4v) is 2.75. The molecule has 2 heterocycles. The normalized spacial score (nSPS) is 17.1. The molecule has 0 amide bonds. The van der Waals surface area contributed by atoms with E-state index in [0.717, 1.165) is 56.6 Å². The van der Waals surface area contributed by atoms with Gasteiger partial charge in [0.15, 0.2) is 0 Å². The molecule has 0 unspecified atom stereocenters. The number of hydrogen-bond acceptors (Lipinski definition) is 3. The van der Waals surface area contributed by atoms with Crippen LogP contribution >= 0.6 is 0 Å². The van der Waals surface area contributed by atoms with Gasteiger partial charge < -0.3 is 14.8 Å². The van der Waals surface area contributed by atoms with Crippen molar-refractivity contribution in [3.05, 3.63) is 30.0 Å². The van der Waals surface area contributed by atoms with Crippen LogP contribution in [-0.4, -0.2) is 47.8 Å². The maximum Gasteiger partial charge on any atom is 0.125 e. The third-order valence-electron chi connectivity index (χ3n) is 3.79. The van der Waals surface area contributed by atoms with Gasteiger partial charge in [0.25, 0.3) is 0 Å². The highest BCUT2D eigenvalue weighted by molar-refractivity contribution is 5.88. The van der Waals surface area contributed by atoms with Crippen LogP contribution in [0.1, 0.15) is 12.0 Å². The van der Waals surface area contributed by atoms with Crippen molar-refractivity contribution in [1.82, 2.24) is 9.88 Å². The Labute approximate surface area is 113 Å². The van der Waals surface area contributed by atoms with Crippen molar-refractivity contribution in [1.29, 1.82) is 0 Å². The first-order valence-electron chi connectivity index (χ1n) is 6.92. The van der Waals surface area contributed by atoms with Crippen LogP contribution in [0.4, 0.5) is 0 Å². The summed E-state index contributed by atoms with van der Waals surface area (Å²) in [5.74, 6) is 0.375. The number of fused-ring (bicyclic) bond motifs is 1. The number of H-pyrrole nitrogens is 1. The van der Waals surface area contributed by atoms with Crippen LogP contribution in [0.15, 0.2) is 24.4 Å². The lowest BCUT2D eigenvalue weighted by atomic mass is 10.1. The van der Waals surface area contributed by atoms with Crippen LogP contribution in [0, 0.1) is 0 Å². The zero-order valence-electron chi connectivity index (χ0n) is 11.1. The molecule has 1 aliphatic rings. The number of nitrogens with zero attached hydrogens (tertiary/aromatic N) is 1. The molecule has 1 aliphatic heterocycles. The summed E-state index contributed by atoms with van der Waals surface area (Å²) in [4.78, 5) is 5.67. The average molecular weight is 260 g/mol. The standard InChI is InChI=1S/C15H20N2O2/c18-14-5-1-4-13-15(14)12(11-16-13)3-2-6-17-7-9-19-10-8-17/h1,4-5,11,16,18H,2-3,6-10H2. The summed E-state index contributed by atoms with van der Waals surface area (Å²) in [6.45, 7) is 4.89. The maximum absolute atomic E-state index is 9.94. The second-order valence-electron chi connectivity index (χ2n) is 5.07. The minimum Gasteiger partial charge on any atom is -0.507 e. The number of benzene rings is 1. The van der Waals surface area contributed by atoms with Gasteiger partial charge >= 0.3 is 0 Å². The van der Waals surface area contributed by atoms with Gasteiger partial charge in [0.1, 0.15) is 5.75 Å². The van der Waals surface area contributed by atoms with Gasteiger partial charge in [0, 0.05) is 30.2 Å². The first-order chi connectivity index (χ1) is 9.34. The van der Waals surface area contributed by atoms with Gasteiger partial charge in [-0.25, -0.2) is 0 Å².